The minimum atomic E-state index is -0.609. The Labute approximate surface area is 123 Å². The lowest BCUT2D eigenvalue weighted by atomic mass is 10.3. The van der Waals surface area contributed by atoms with Gasteiger partial charge in [0.1, 0.15) is 18.1 Å². The molecule has 1 aromatic carbocycles. The number of rotatable bonds is 8. The summed E-state index contributed by atoms with van der Waals surface area (Å²) < 4.78 is 15.1. The SMILES string of the molecule is CCOC(=O)NCC(=O)NCCOc1ccc(OC)cc1. The van der Waals surface area contributed by atoms with E-state index in [9.17, 15) is 9.59 Å². The summed E-state index contributed by atoms with van der Waals surface area (Å²) in [5, 5.41) is 4.94. The van der Waals surface area contributed by atoms with E-state index in [0.717, 1.165) is 5.75 Å². The number of ether oxygens (including phenoxy) is 3. The normalized spacial score (nSPS) is 9.62. The average Bonchev–Trinajstić information content (AvgIpc) is 2.50. The minimum Gasteiger partial charge on any atom is -0.497 e. The first-order valence-electron chi connectivity index (χ1n) is 6.60. The van der Waals surface area contributed by atoms with Gasteiger partial charge < -0.3 is 24.8 Å². The van der Waals surface area contributed by atoms with Crippen molar-refractivity contribution in [3.8, 4) is 11.5 Å². The van der Waals surface area contributed by atoms with Crippen molar-refractivity contribution in [2.45, 2.75) is 6.92 Å². The van der Waals surface area contributed by atoms with E-state index >= 15 is 0 Å². The molecule has 116 valence electrons. The maximum absolute atomic E-state index is 11.4. The lowest BCUT2D eigenvalue weighted by molar-refractivity contribution is -0.120. The molecule has 0 aliphatic heterocycles. The number of methoxy groups -OCH3 is 1. The average molecular weight is 296 g/mol. The van der Waals surface area contributed by atoms with Gasteiger partial charge in [-0.3, -0.25) is 4.79 Å². The van der Waals surface area contributed by atoms with Gasteiger partial charge in [0.25, 0.3) is 0 Å². The number of nitrogens with one attached hydrogen (secondary N) is 2. The van der Waals surface area contributed by atoms with Crippen LogP contribution in [0.4, 0.5) is 4.79 Å². The monoisotopic (exact) mass is 296 g/mol. The number of amides is 2. The van der Waals surface area contributed by atoms with Crippen LogP contribution in [0.25, 0.3) is 0 Å². The molecule has 0 aromatic heterocycles. The van der Waals surface area contributed by atoms with Gasteiger partial charge in [-0.05, 0) is 31.2 Å². The Morgan fingerprint density at radius 3 is 2.38 bits per heavy atom. The molecule has 0 fully saturated rings. The lowest BCUT2D eigenvalue weighted by Crippen LogP contribution is -2.38. The van der Waals surface area contributed by atoms with E-state index < -0.39 is 6.09 Å². The van der Waals surface area contributed by atoms with Crippen molar-refractivity contribution < 1.29 is 23.8 Å². The molecule has 7 heteroatoms. The standard InChI is InChI=1S/C14H20N2O5/c1-3-20-14(18)16-10-13(17)15-8-9-21-12-6-4-11(19-2)5-7-12/h4-7H,3,8-10H2,1-2H3,(H,15,17)(H,16,18). The first-order chi connectivity index (χ1) is 10.2. The Morgan fingerprint density at radius 1 is 1.10 bits per heavy atom. The van der Waals surface area contributed by atoms with Crippen molar-refractivity contribution in [3.63, 3.8) is 0 Å². The molecular formula is C14H20N2O5. The fourth-order valence-electron chi connectivity index (χ4n) is 1.43. The van der Waals surface area contributed by atoms with Crippen LogP contribution in [0.1, 0.15) is 6.92 Å². The molecule has 0 radical (unpaired) electrons. The Hall–Kier alpha value is -2.44. The molecule has 0 saturated heterocycles. The highest BCUT2D eigenvalue weighted by Crippen LogP contribution is 2.16. The van der Waals surface area contributed by atoms with Crippen LogP contribution >= 0.6 is 0 Å². The van der Waals surface area contributed by atoms with Crippen molar-refractivity contribution in [1.29, 1.82) is 0 Å². The van der Waals surface area contributed by atoms with Gasteiger partial charge in [-0.1, -0.05) is 0 Å². The molecule has 0 aliphatic rings. The van der Waals surface area contributed by atoms with Crippen LogP contribution in [0.15, 0.2) is 24.3 Å². The summed E-state index contributed by atoms with van der Waals surface area (Å²) in [7, 11) is 1.59. The predicted octanol–water partition coefficient (Wildman–Crippen LogP) is 0.936. The molecule has 0 spiro atoms. The zero-order chi connectivity index (χ0) is 15.5. The van der Waals surface area contributed by atoms with E-state index in [2.05, 4.69) is 15.4 Å². The fraction of sp³-hybridized carbons (Fsp3) is 0.429. The Balaban J connectivity index is 2.12. The lowest BCUT2D eigenvalue weighted by Gasteiger charge is -2.09. The molecule has 1 rings (SSSR count). The summed E-state index contributed by atoms with van der Waals surface area (Å²) in [4.78, 5) is 22.4. The molecule has 0 bridgehead atoms. The summed E-state index contributed by atoms with van der Waals surface area (Å²) in [6.45, 7) is 2.51. The van der Waals surface area contributed by atoms with E-state index in [1.807, 2.05) is 0 Å². The molecule has 21 heavy (non-hydrogen) atoms. The number of alkyl carbamates (subject to hydrolysis) is 1. The number of hydrogen-bond acceptors (Lipinski definition) is 5. The maximum Gasteiger partial charge on any atom is 0.407 e. The minimum absolute atomic E-state index is 0.124. The number of carbonyl (C=O) groups is 2. The third kappa shape index (κ3) is 7.05. The van der Waals surface area contributed by atoms with Crippen LogP contribution in [0.2, 0.25) is 0 Å². The maximum atomic E-state index is 11.4. The summed E-state index contributed by atoms with van der Waals surface area (Å²) in [6, 6.07) is 7.14. The van der Waals surface area contributed by atoms with Gasteiger partial charge in [-0.25, -0.2) is 4.79 Å². The first kappa shape index (κ1) is 16.6. The van der Waals surface area contributed by atoms with Crippen LogP contribution < -0.4 is 20.1 Å². The van der Waals surface area contributed by atoms with Gasteiger partial charge in [-0.2, -0.15) is 0 Å². The van der Waals surface area contributed by atoms with Crippen LogP contribution in [-0.2, 0) is 9.53 Å². The number of hydrogen-bond donors (Lipinski definition) is 2. The Morgan fingerprint density at radius 2 is 1.76 bits per heavy atom. The van der Waals surface area contributed by atoms with Crippen molar-refractivity contribution >= 4 is 12.0 Å². The fourth-order valence-corrected chi connectivity index (χ4v) is 1.43. The van der Waals surface area contributed by atoms with Crippen LogP contribution in [-0.4, -0.2) is 45.4 Å². The van der Waals surface area contributed by atoms with Crippen molar-refractivity contribution in [2.24, 2.45) is 0 Å². The third-order valence-electron chi connectivity index (χ3n) is 2.42. The van der Waals surface area contributed by atoms with Crippen LogP contribution in [0.5, 0.6) is 11.5 Å². The van der Waals surface area contributed by atoms with Gasteiger partial charge in [-0.15, -0.1) is 0 Å². The molecule has 0 saturated carbocycles. The van der Waals surface area contributed by atoms with E-state index in [-0.39, 0.29) is 19.1 Å². The van der Waals surface area contributed by atoms with E-state index in [0.29, 0.717) is 18.9 Å². The van der Waals surface area contributed by atoms with Gasteiger partial charge in [0.2, 0.25) is 5.91 Å². The van der Waals surface area contributed by atoms with Crippen LogP contribution in [0, 0.1) is 0 Å². The third-order valence-corrected chi connectivity index (χ3v) is 2.42. The highest BCUT2D eigenvalue weighted by molar-refractivity contribution is 5.82. The second-order valence-electron chi connectivity index (χ2n) is 3.95. The van der Waals surface area contributed by atoms with Crippen molar-refractivity contribution in [2.75, 3.05) is 33.4 Å². The van der Waals surface area contributed by atoms with Gasteiger partial charge in [0.05, 0.1) is 26.8 Å². The van der Waals surface area contributed by atoms with E-state index in [4.69, 9.17) is 9.47 Å². The van der Waals surface area contributed by atoms with Crippen molar-refractivity contribution in [3.05, 3.63) is 24.3 Å². The summed E-state index contributed by atoms with van der Waals surface area (Å²) in [5.41, 5.74) is 0. The molecule has 0 heterocycles. The smallest absolute Gasteiger partial charge is 0.407 e. The largest absolute Gasteiger partial charge is 0.497 e. The first-order valence-corrected chi connectivity index (χ1v) is 6.60. The van der Waals surface area contributed by atoms with Gasteiger partial charge in [0.15, 0.2) is 0 Å². The molecular weight excluding hydrogens is 276 g/mol. The van der Waals surface area contributed by atoms with E-state index in [1.54, 1.807) is 38.3 Å². The zero-order valence-electron chi connectivity index (χ0n) is 12.2. The summed E-state index contributed by atoms with van der Waals surface area (Å²) in [5.74, 6) is 1.14. The topological polar surface area (TPSA) is 85.9 Å². The predicted molar refractivity (Wildman–Crippen MR) is 76.5 cm³/mol. The molecule has 2 amide bonds. The quantitative estimate of drug-likeness (QED) is 0.697. The molecule has 0 atom stereocenters. The second kappa shape index (κ2) is 9.46. The molecule has 0 aliphatic carbocycles. The van der Waals surface area contributed by atoms with Gasteiger partial charge in [0, 0.05) is 0 Å². The second-order valence-corrected chi connectivity index (χ2v) is 3.95. The highest BCUT2D eigenvalue weighted by atomic mass is 16.5. The van der Waals surface area contributed by atoms with Gasteiger partial charge >= 0.3 is 6.09 Å². The Kier molecular flexibility index (Phi) is 7.49. The molecule has 2 N–H and O–H groups in total. The highest BCUT2D eigenvalue weighted by Gasteiger charge is 2.04. The van der Waals surface area contributed by atoms with Crippen molar-refractivity contribution in [1.82, 2.24) is 10.6 Å². The molecule has 7 nitrogen and oxygen atoms in total. The van der Waals surface area contributed by atoms with Crippen LogP contribution in [0.3, 0.4) is 0 Å². The number of carbonyl (C=O) groups excluding carboxylic acids is 2. The molecule has 0 unspecified atom stereocenters. The molecule has 1 aromatic rings. The number of benzene rings is 1. The summed E-state index contributed by atoms with van der Waals surface area (Å²) in [6.07, 6.45) is -0.609. The Bertz CT molecular complexity index is 447. The summed E-state index contributed by atoms with van der Waals surface area (Å²) >= 11 is 0. The zero-order valence-corrected chi connectivity index (χ0v) is 12.2. The van der Waals surface area contributed by atoms with E-state index in [1.165, 1.54) is 0 Å².